The maximum atomic E-state index is 3.36. The van der Waals surface area contributed by atoms with E-state index in [9.17, 15) is 0 Å². The zero-order valence-electron chi connectivity index (χ0n) is 10.2. The Hall–Kier alpha value is -0.260. The highest BCUT2D eigenvalue weighted by molar-refractivity contribution is 4.58. The normalized spacial score (nSPS) is 8.58. The van der Waals surface area contributed by atoms with Crippen LogP contribution in [0.4, 0.5) is 0 Å². The van der Waals surface area contributed by atoms with Crippen LogP contribution in [0.5, 0.6) is 0 Å². The second-order valence-electron chi connectivity index (χ2n) is 3.72. The molecular formula is C12H28. The van der Waals surface area contributed by atoms with Gasteiger partial charge in [-0.25, -0.2) is 0 Å². The Kier molecular flexibility index (Phi) is 19.7. The molecule has 0 aliphatic heterocycles. The molecule has 0 aromatic rings. The highest BCUT2D eigenvalue weighted by atomic mass is 14.1. The molecule has 0 saturated heterocycles. The first kappa shape index (κ1) is 17.7. The lowest BCUT2D eigenvalue weighted by Gasteiger charge is -2.15. The number of allylic oxidation sites excluding steroid dienone is 1. The summed E-state index contributed by atoms with van der Waals surface area (Å²) < 4.78 is 0. The zero-order chi connectivity index (χ0) is 10.6. The van der Waals surface area contributed by atoms with Gasteiger partial charge in [-0.15, -0.1) is 6.58 Å². The van der Waals surface area contributed by atoms with Gasteiger partial charge in [-0.1, -0.05) is 54.0 Å². The predicted molar refractivity (Wildman–Crippen MR) is 61.6 cm³/mol. The van der Waals surface area contributed by atoms with E-state index in [-0.39, 0.29) is 0 Å². The van der Waals surface area contributed by atoms with Gasteiger partial charge in [0.2, 0.25) is 0 Å². The molecule has 0 bridgehead atoms. The number of hydrogen-bond acceptors (Lipinski definition) is 0. The van der Waals surface area contributed by atoms with Gasteiger partial charge in [-0.3, -0.25) is 0 Å². The van der Waals surface area contributed by atoms with Gasteiger partial charge in [0.05, 0.1) is 0 Å². The van der Waals surface area contributed by atoms with Crippen molar-refractivity contribution in [2.24, 2.45) is 5.41 Å². The Morgan fingerprint density at radius 3 is 1.42 bits per heavy atom. The van der Waals surface area contributed by atoms with E-state index in [0.717, 1.165) is 0 Å². The van der Waals surface area contributed by atoms with Crippen LogP contribution in [0.15, 0.2) is 12.7 Å². The van der Waals surface area contributed by atoms with E-state index >= 15 is 0 Å². The molecule has 0 rings (SSSR count). The van der Waals surface area contributed by atoms with Crippen LogP contribution >= 0.6 is 0 Å². The summed E-state index contributed by atoms with van der Waals surface area (Å²) in [5.74, 6) is 0. The molecule has 0 heteroatoms. The molecule has 0 nitrogen and oxygen atoms in total. The molecule has 76 valence electrons. The minimum atomic E-state index is 0.550. The van der Waals surface area contributed by atoms with Crippen molar-refractivity contribution in [3.05, 3.63) is 12.7 Å². The molecule has 0 saturated carbocycles. The smallest absolute Gasteiger partial charge is 0.0383 e. The molecule has 0 amide bonds. The molecule has 0 unspecified atom stereocenters. The summed E-state index contributed by atoms with van der Waals surface area (Å²) in [4.78, 5) is 0. The molecule has 0 spiro atoms. The van der Waals surface area contributed by atoms with Crippen molar-refractivity contribution >= 4 is 0 Å². The van der Waals surface area contributed by atoms with Crippen molar-refractivity contribution in [3.8, 4) is 0 Å². The van der Waals surface area contributed by atoms with Gasteiger partial charge in [0, 0.05) is 0 Å². The summed E-state index contributed by atoms with van der Waals surface area (Å²) >= 11 is 0. The Morgan fingerprint density at radius 1 is 1.17 bits per heavy atom. The number of hydrogen-bond donors (Lipinski definition) is 0. The summed E-state index contributed by atoms with van der Waals surface area (Å²) in [6.45, 7) is 18.3. The van der Waals surface area contributed by atoms with Gasteiger partial charge < -0.3 is 0 Å². The Bertz CT molecular complexity index is 64.6. The van der Waals surface area contributed by atoms with Crippen molar-refractivity contribution in [3.63, 3.8) is 0 Å². The first-order valence-corrected chi connectivity index (χ1v) is 5.05. The van der Waals surface area contributed by atoms with E-state index < -0.39 is 0 Å². The molecule has 0 atom stereocenters. The molecule has 0 radical (unpaired) electrons. The fraction of sp³-hybridized carbons (Fsp3) is 0.833. The molecule has 0 aliphatic carbocycles. The minimum absolute atomic E-state index is 0.550. The van der Waals surface area contributed by atoms with E-state index in [2.05, 4.69) is 34.3 Å². The molecule has 0 aliphatic rings. The third-order valence-electron chi connectivity index (χ3n) is 1.000. The Balaban J connectivity index is -0.000000137. The van der Waals surface area contributed by atoms with Crippen molar-refractivity contribution in [1.29, 1.82) is 0 Å². The molecule has 12 heavy (non-hydrogen) atoms. The van der Waals surface area contributed by atoms with Crippen molar-refractivity contribution in [2.45, 2.75) is 61.3 Å². The summed E-state index contributed by atoms with van der Waals surface area (Å²) in [6, 6.07) is 0. The monoisotopic (exact) mass is 172 g/mol. The molecule has 0 aromatic heterocycles. The third kappa shape index (κ3) is 53.2. The molecule has 0 heterocycles. The fourth-order valence-corrected chi connectivity index (χ4v) is 0.750. The second-order valence-corrected chi connectivity index (χ2v) is 3.72. The topological polar surface area (TPSA) is 0 Å². The van der Waals surface area contributed by atoms with Crippen molar-refractivity contribution < 1.29 is 0 Å². The Morgan fingerprint density at radius 2 is 1.42 bits per heavy atom. The van der Waals surface area contributed by atoms with Gasteiger partial charge in [-0.2, -0.15) is 0 Å². The summed E-state index contributed by atoms with van der Waals surface area (Å²) in [6.07, 6.45) is 4.40. The van der Waals surface area contributed by atoms with Crippen LogP contribution in [0.3, 0.4) is 0 Å². The number of rotatable bonds is 1. The van der Waals surface area contributed by atoms with Crippen LogP contribution in [-0.2, 0) is 0 Å². The van der Waals surface area contributed by atoms with E-state index in [0.29, 0.717) is 5.41 Å². The lowest BCUT2D eigenvalue weighted by Crippen LogP contribution is -2.02. The second kappa shape index (κ2) is 13.3. The lowest BCUT2D eigenvalue weighted by atomic mass is 9.91. The average Bonchev–Trinajstić information content (AvgIpc) is 1.91. The summed E-state index contributed by atoms with van der Waals surface area (Å²) in [5, 5.41) is 0. The van der Waals surface area contributed by atoms with Crippen LogP contribution in [-0.4, -0.2) is 0 Å². The molecular weight excluding hydrogens is 144 g/mol. The maximum Gasteiger partial charge on any atom is -0.0383 e. The zero-order valence-corrected chi connectivity index (χ0v) is 10.2. The maximum absolute atomic E-state index is 3.36. The largest absolute Gasteiger partial charge is 0.103 e. The van der Waals surface area contributed by atoms with E-state index in [1.54, 1.807) is 6.08 Å². The van der Waals surface area contributed by atoms with Crippen molar-refractivity contribution in [1.82, 2.24) is 0 Å². The first-order chi connectivity index (χ1) is 5.47. The first-order valence-electron chi connectivity index (χ1n) is 5.05. The average molecular weight is 172 g/mol. The van der Waals surface area contributed by atoms with Gasteiger partial charge in [0.1, 0.15) is 0 Å². The summed E-state index contributed by atoms with van der Waals surface area (Å²) in [7, 11) is 0. The van der Waals surface area contributed by atoms with Crippen LogP contribution < -0.4 is 0 Å². The van der Waals surface area contributed by atoms with Crippen LogP contribution in [0, 0.1) is 5.41 Å². The Labute approximate surface area is 80.1 Å². The molecule has 0 aromatic carbocycles. The SMILES string of the molecule is C=CC.CC.CCCC(C)(C)C. The molecule has 0 fully saturated rings. The van der Waals surface area contributed by atoms with E-state index in [1.165, 1.54) is 12.8 Å². The highest BCUT2D eigenvalue weighted by Gasteiger charge is 2.06. The van der Waals surface area contributed by atoms with Crippen LogP contribution in [0.25, 0.3) is 0 Å². The standard InChI is InChI=1S/C7H16.C3H6.C2H6/c1-5-6-7(2,3)4;1-3-2;1-2/h5-6H2,1-4H3;3H,1H2,2H3;1-2H3. The summed E-state index contributed by atoms with van der Waals surface area (Å²) in [5.41, 5.74) is 0.550. The lowest BCUT2D eigenvalue weighted by molar-refractivity contribution is 0.373. The van der Waals surface area contributed by atoms with Gasteiger partial charge in [0.15, 0.2) is 0 Å². The predicted octanol–water partition coefficient (Wildman–Crippen LogP) is 5.05. The molecule has 0 N–H and O–H groups in total. The quantitative estimate of drug-likeness (QED) is 0.485. The van der Waals surface area contributed by atoms with Gasteiger partial charge in [0.25, 0.3) is 0 Å². The minimum Gasteiger partial charge on any atom is -0.103 e. The fourth-order valence-electron chi connectivity index (χ4n) is 0.750. The third-order valence-corrected chi connectivity index (χ3v) is 1.000. The van der Waals surface area contributed by atoms with E-state index in [4.69, 9.17) is 0 Å². The van der Waals surface area contributed by atoms with Crippen molar-refractivity contribution in [2.75, 3.05) is 0 Å². The van der Waals surface area contributed by atoms with Crippen LogP contribution in [0.1, 0.15) is 61.3 Å². The van der Waals surface area contributed by atoms with E-state index in [1.807, 2.05) is 20.8 Å². The van der Waals surface area contributed by atoms with Crippen LogP contribution in [0.2, 0.25) is 0 Å². The van der Waals surface area contributed by atoms with Gasteiger partial charge >= 0.3 is 0 Å². The highest BCUT2D eigenvalue weighted by Crippen LogP contribution is 2.19. The van der Waals surface area contributed by atoms with Gasteiger partial charge in [-0.05, 0) is 18.8 Å².